The number of aliphatic hydroxyl groups is 2. The van der Waals surface area contributed by atoms with Crippen molar-refractivity contribution in [3.8, 4) is 0 Å². The van der Waals surface area contributed by atoms with Gasteiger partial charge in [-0.2, -0.15) is 0 Å². The number of hydrogen-bond donors (Lipinski definition) is 3. The second-order valence-electron chi connectivity index (χ2n) is 4.28. The number of aromatic amines is 1. The van der Waals surface area contributed by atoms with Crippen molar-refractivity contribution in [3.63, 3.8) is 0 Å². The van der Waals surface area contributed by atoms with Crippen LogP contribution in [0.4, 0.5) is 0 Å². The highest BCUT2D eigenvalue weighted by Crippen LogP contribution is 2.28. The van der Waals surface area contributed by atoms with E-state index >= 15 is 0 Å². The molecule has 0 aromatic carbocycles. The lowest BCUT2D eigenvalue weighted by atomic mass is 10.2. The largest absolute Gasteiger partial charge is 0.394 e. The fourth-order valence-electron chi connectivity index (χ4n) is 1.98. The first-order chi connectivity index (χ1) is 9.47. The summed E-state index contributed by atoms with van der Waals surface area (Å²) in [5.74, 6) is 0. The fourth-order valence-corrected chi connectivity index (χ4v) is 2.51. The summed E-state index contributed by atoms with van der Waals surface area (Å²) in [5.41, 5.74) is -0.928. The van der Waals surface area contributed by atoms with Crippen molar-refractivity contribution >= 4 is 36.3 Å². The first-order valence-corrected chi connectivity index (χ1v) is 7.45. The second-order valence-corrected chi connectivity index (χ2v) is 5.59. The van der Waals surface area contributed by atoms with Gasteiger partial charge in [-0.25, -0.2) is 4.79 Å². The molecule has 1 aromatic rings. The minimum absolute atomic E-state index is 0.159. The zero-order chi connectivity index (χ0) is 14.9. The van der Waals surface area contributed by atoms with Gasteiger partial charge in [0.1, 0.15) is 12.3 Å². The number of halogens is 2. The molecule has 1 saturated heterocycles. The van der Waals surface area contributed by atoms with Gasteiger partial charge < -0.3 is 14.9 Å². The summed E-state index contributed by atoms with van der Waals surface area (Å²) in [6.07, 6.45) is -0.826. The number of rotatable bonds is 3. The molecule has 2 heterocycles. The summed E-state index contributed by atoms with van der Waals surface area (Å²) in [6.45, 7) is -0.340. The summed E-state index contributed by atoms with van der Waals surface area (Å²) in [6, 6.07) is 0. The van der Waals surface area contributed by atoms with Crippen LogP contribution in [0.3, 0.4) is 0 Å². The van der Waals surface area contributed by atoms with Crippen molar-refractivity contribution in [2.75, 3.05) is 6.61 Å². The fraction of sp³-hybridized carbons (Fsp3) is 0.455. The van der Waals surface area contributed by atoms with Crippen molar-refractivity contribution in [1.82, 2.24) is 9.55 Å². The first-order valence-electron chi connectivity index (χ1n) is 5.74. The molecule has 3 atom stereocenters. The molecule has 0 amide bonds. The van der Waals surface area contributed by atoms with Gasteiger partial charge in [0.2, 0.25) is 0 Å². The van der Waals surface area contributed by atoms with Gasteiger partial charge in [-0.15, -0.1) is 0 Å². The van der Waals surface area contributed by atoms with Gasteiger partial charge in [-0.3, -0.25) is 14.3 Å². The molecule has 1 unspecified atom stereocenters. The van der Waals surface area contributed by atoms with Gasteiger partial charge in [-0.1, -0.05) is 15.9 Å². The number of nitrogens with zero attached hydrogens (tertiary/aromatic N) is 1. The number of nitrogens with one attached hydrogen (secondary N) is 1. The lowest BCUT2D eigenvalue weighted by Crippen LogP contribution is -2.33. The van der Waals surface area contributed by atoms with Crippen molar-refractivity contribution in [3.05, 3.63) is 37.6 Å². The van der Waals surface area contributed by atoms with E-state index in [-0.39, 0.29) is 18.6 Å². The third-order valence-corrected chi connectivity index (χ3v) is 4.74. The van der Waals surface area contributed by atoms with E-state index in [9.17, 15) is 14.7 Å². The Balaban J connectivity index is 2.43. The van der Waals surface area contributed by atoms with E-state index in [1.807, 2.05) is 0 Å². The highest BCUT2D eigenvalue weighted by molar-refractivity contribution is 9.16. The molecule has 1 aromatic heterocycles. The van der Waals surface area contributed by atoms with Crippen molar-refractivity contribution < 1.29 is 14.9 Å². The quantitative estimate of drug-likeness (QED) is 0.662. The molecule has 2 rings (SSSR count). The molecule has 0 saturated carbocycles. The molecule has 0 spiro atoms. The number of H-pyrrole nitrogens is 1. The Morgan fingerprint density at radius 3 is 2.85 bits per heavy atom. The third-order valence-electron chi connectivity index (χ3n) is 3.02. The van der Waals surface area contributed by atoms with Crippen LogP contribution in [0.15, 0.2) is 20.8 Å². The molecular formula is C11H12Br2N2O5. The molecule has 110 valence electrons. The zero-order valence-corrected chi connectivity index (χ0v) is 13.3. The van der Waals surface area contributed by atoms with Crippen LogP contribution in [0, 0.1) is 0 Å². The van der Waals surface area contributed by atoms with Crippen LogP contribution in [-0.2, 0) is 4.74 Å². The maximum Gasteiger partial charge on any atom is 0.330 e. The van der Waals surface area contributed by atoms with Crippen LogP contribution in [0.2, 0.25) is 0 Å². The van der Waals surface area contributed by atoms with Crippen LogP contribution in [-0.4, -0.2) is 38.6 Å². The highest BCUT2D eigenvalue weighted by Gasteiger charge is 2.35. The zero-order valence-electron chi connectivity index (χ0n) is 10.1. The predicted molar refractivity (Wildman–Crippen MR) is 78.8 cm³/mol. The maximum absolute atomic E-state index is 11.8. The topological polar surface area (TPSA) is 105 Å². The molecular weight excluding hydrogens is 400 g/mol. The predicted octanol–water partition coefficient (Wildman–Crippen LogP) is 0.266. The average Bonchev–Trinajstić information content (AvgIpc) is 2.79. The van der Waals surface area contributed by atoms with Gasteiger partial charge in [0.15, 0.2) is 0 Å². The third kappa shape index (κ3) is 2.96. The van der Waals surface area contributed by atoms with Crippen molar-refractivity contribution in [2.45, 2.75) is 24.9 Å². The van der Waals surface area contributed by atoms with Crippen LogP contribution in [0.5, 0.6) is 0 Å². The van der Waals surface area contributed by atoms with E-state index in [1.165, 1.54) is 15.7 Å². The lowest BCUT2D eigenvalue weighted by Gasteiger charge is -2.15. The normalized spacial score (nSPS) is 27.0. The van der Waals surface area contributed by atoms with Gasteiger partial charge in [0, 0.05) is 17.1 Å². The highest BCUT2D eigenvalue weighted by atomic mass is 79.9. The maximum atomic E-state index is 11.8. The summed E-state index contributed by atoms with van der Waals surface area (Å²) >= 11 is 6.28. The SMILES string of the molecule is O=c1[nH]c(=O)n([C@@H]2CC(O)[C@H](CO)O2)cc1/C(Br)=C\Br. The summed E-state index contributed by atoms with van der Waals surface area (Å²) in [4.78, 5) is 27.2. The molecule has 0 bridgehead atoms. The molecule has 7 nitrogen and oxygen atoms in total. The minimum atomic E-state index is -0.859. The molecule has 0 radical (unpaired) electrons. The van der Waals surface area contributed by atoms with E-state index in [1.54, 1.807) is 0 Å². The van der Waals surface area contributed by atoms with Crippen molar-refractivity contribution in [1.29, 1.82) is 0 Å². The van der Waals surface area contributed by atoms with Crippen molar-refractivity contribution in [2.24, 2.45) is 0 Å². The number of aliphatic hydroxyl groups excluding tert-OH is 2. The van der Waals surface area contributed by atoms with Gasteiger partial charge in [-0.05, 0) is 20.9 Å². The Kier molecular flexibility index (Phi) is 4.97. The lowest BCUT2D eigenvalue weighted by molar-refractivity contribution is -0.0459. The standard InChI is InChI=1S/C11H12Br2N2O5/c12-2-6(13)5-3-15(11(19)14-10(5)18)9-1-7(17)8(4-16)20-9/h2-3,7-9,16-17H,1,4H2,(H,14,18,19)/b6-2+/t7?,8-,9-/m0/s1. The number of hydrogen-bond acceptors (Lipinski definition) is 5. The first kappa shape index (κ1) is 15.6. The van der Waals surface area contributed by atoms with E-state index < -0.39 is 29.7 Å². The summed E-state index contributed by atoms with van der Waals surface area (Å²) in [7, 11) is 0. The molecule has 20 heavy (non-hydrogen) atoms. The van der Waals surface area contributed by atoms with E-state index in [4.69, 9.17) is 9.84 Å². The number of aromatic nitrogens is 2. The minimum Gasteiger partial charge on any atom is -0.394 e. The Morgan fingerprint density at radius 1 is 1.60 bits per heavy atom. The molecule has 9 heteroatoms. The van der Waals surface area contributed by atoms with Crippen LogP contribution >= 0.6 is 31.9 Å². The monoisotopic (exact) mass is 410 g/mol. The Morgan fingerprint density at radius 2 is 2.30 bits per heavy atom. The molecule has 3 N–H and O–H groups in total. The Hall–Kier alpha value is -0.740. The van der Waals surface area contributed by atoms with Crippen LogP contribution in [0.1, 0.15) is 18.2 Å². The van der Waals surface area contributed by atoms with Gasteiger partial charge in [0.05, 0.1) is 18.3 Å². The van der Waals surface area contributed by atoms with E-state index in [2.05, 4.69) is 36.8 Å². The van der Waals surface area contributed by atoms with Gasteiger partial charge >= 0.3 is 5.69 Å². The Labute approximate surface area is 130 Å². The number of ether oxygens (including phenoxy) is 1. The molecule has 1 fully saturated rings. The second kappa shape index (κ2) is 6.35. The summed E-state index contributed by atoms with van der Waals surface area (Å²) in [5, 5.41) is 18.7. The Bertz CT molecular complexity index is 638. The molecule has 0 aliphatic carbocycles. The van der Waals surface area contributed by atoms with E-state index in [0.717, 1.165) is 0 Å². The molecule has 1 aliphatic rings. The average molecular weight is 412 g/mol. The van der Waals surface area contributed by atoms with Crippen LogP contribution < -0.4 is 11.2 Å². The molecule has 1 aliphatic heterocycles. The smallest absolute Gasteiger partial charge is 0.330 e. The van der Waals surface area contributed by atoms with Gasteiger partial charge in [0.25, 0.3) is 5.56 Å². The summed E-state index contributed by atoms with van der Waals surface area (Å²) < 4.78 is 7.04. The van der Waals surface area contributed by atoms with E-state index in [0.29, 0.717) is 4.48 Å². The van der Waals surface area contributed by atoms with Crippen LogP contribution in [0.25, 0.3) is 4.48 Å².